The highest BCUT2D eigenvalue weighted by Crippen LogP contribution is 2.44. The fraction of sp³-hybridized carbons (Fsp3) is 0.879. The monoisotopic (exact) mass is 655 g/mol. The second-order valence-corrected chi connectivity index (χ2v) is 14.5. The number of ketones is 1. The summed E-state index contributed by atoms with van der Waals surface area (Å²) in [7, 11) is 5.19. The number of hydrogen-bond acceptors (Lipinski definition) is 11. The Morgan fingerprint density at radius 3 is 2.35 bits per heavy atom. The van der Waals surface area contributed by atoms with E-state index in [1.807, 2.05) is 39.8 Å². The van der Waals surface area contributed by atoms with Gasteiger partial charge in [-0.1, -0.05) is 27.7 Å². The van der Waals surface area contributed by atoms with Crippen molar-refractivity contribution >= 4 is 23.6 Å². The Morgan fingerprint density at radius 2 is 1.76 bits per heavy atom. The normalized spacial score (nSPS) is 45.9. The molecule has 0 radical (unpaired) electrons. The topological polar surface area (TPSA) is 136 Å². The Bertz CT molecular complexity index is 1200. The summed E-state index contributed by atoms with van der Waals surface area (Å²) in [5, 5.41) is 11.3. The summed E-state index contributed by atoms with van der Waals surface area (Å²) in [5.41, 5.74) is -4.83. The third-order valence-electron chi connectivity index (χ3n) is 10.9. The molecule has 1 N–H and O–H groups in total. The Balaban J connectivity index is 1.84. The average Bonchev–Trinajstić information content (AvgIpc) is 3.11. The highest BCUT2D eigenvalue weighted by atomic mass is 19.1. The molecule has 12 nitrogen and oxygen atoms in total. The maximum absolute atomic E-state index is 16.6. The summed E-state index contributed by atoms with van der Waals surface area (Å²) in [6.45, 7) is 14.1. The minimum Gasteiger partial charge on any atom is -0.455 e. The second kappa shape index (κ2) is 13.4. The number of methoxy groups -OCH3 is 1. The number of aliphatic imine (C=N–C) groups is 1. The van der Waals surface area contributed by atoms with Gasteiger partial charge in [-0.3, -0.25) is 14.7 Å². The first-order valence-electron chi connectivity index (χ1n) is 16.5. The van der Waals surface area contributed by atoms with Gasteiger partial charge in [0.15, 0.2) is 17.7 Å². The van der Waals surface area contributed by atoms with Gasteiger partial charge in [0.2, 0.25) is 0 Å². The van der Waals surface area contributed by atoms with E-state index in [0.717, 1.165) is 12.6 Å². The molecule has 0 aromatic heterocycles. The van der Waals surface area contributed by atoms with Crippen LogP contribution in [0.15, 0.2) is 4.99 Å². The Morgan fingerprint density at radius 1 is 1.11 bits per heavy atom. The van der Waals surface area contributed by atoms with Crippen molar-refractivity contribution in [1.29, 1.82) is 0 Å². The molecule has 4 heterocycles. The fourth-order valence-corrected chi connectivity index (χ4v) is 8.31. The Hall–Kier alpha value is -2.19. The molecule has 2 bridgehead atoms. The number of nitrogens with zero attached hydrogens (tertiary/aromatic N) is 3. The smallest absolute Gasteiger partial charge is 0.410 e. The van der Waals surface area contributed by atoms with E-state index in [-0.39, 0.29) is 36.8 Å². The van der Waals surface area contributed by atoms with Crippen LogP contribution in [-0.4, -0.2) is 132 Å². The quantitative estimate of drug-likeness (QED) is 0.348. The number of carbonyl (C=O) groups excluding carboxylic acids is 3. The van der Waals surface area contributed by atoms with Crippen molar-refractivity contribution in [2.45, 2.75) is 134 Å². The van der Waals surface area contributed by atoms with Gasteiger partial charge < -0.3 is 33.7 Å². The van der Waals surface area contributed by atoms with Crippen LogP contribution in [0.4, 0.5) is 9.18 Å². The predicted molar refractivity (Wildman–Crippen MR) is 167 cm³/mol. The molecule has 13 heteroatoms. The lowest BCUT2D eigenvalue weighted by Gasteiger charge is -2.47. The lowest BCUT2D eigenvalue weighted by Crippen LogP contribution is -2.61. The minimum absolute atomic E-state index is 0.212. The molecule has 262 valence electrons. The lowest BCUT2D eigenvalue weighted by atomic mass is 9.73. The van der Waals surface area contributed by atoms with E-state index in [4.69, 9.17) is 28.7 Å². The molecule has 13 atom stereocenters. The van der Waals surface area contributed by atoms with E-state index in [1.54, 1.807) is 25.7 Å². The molecule has 4 rings (SSSR count). The van der Waals surface area contributed by atoms with Gasteiger partial charge >= 0.3 is 12.1 Å². The van der Waals surface area contributed by atoms with Gasteiger partial charge in [-0.2, -0.15) is 0 Å². The van der Waals surface area contributed by atoms with Crippen LogP contribution < -0.4 is 0 Å². The van der Waals surface area contributed by atoms with E-state index in [2.05, 4.69) is 0 Å². The zero-order valence-electron chi connectivity index (χ0n) is 29.2. The van der Waals surface area contributed by atoms with Crippen LogP contribution in [0.1, 0.15) is 74.7 Å². The molecule has 3 fully saturated rings. The molecule has 4 aliphatic heterocycles. The number of esters is 1. The van der Waals surface area contributed by atoms with Gasteiger partial charge in [0, 0.05) is 37.2 Å². The van der Waals surface area contributed by atoms with Crippen LogP contribution in [0.2, 0.25) is 0 Å². The Labute approximate surface area is 272 Å². The van der Waals surface area contributed by atoms with Crippen LogP contribution in [0.25, 0.3) is 0 Å². The molecular weight excluding hydrogens is 601 g/mol. The summed E-state index contributed by atoms with van der Waals surface area (Å²) in [4.78, 5) is 49.3. The van der Waals surface area contributed by atoms with E-state index >= 15 is 4.39 Å². The SMILES string of the molecule is CC[C@H]1OC(=O)C(C)(F)C(=O)[C@H](C)[C@@H](O[C@@H]2O[C@H](C)C[C@H](N(C)C)[C@H]2O)[C@@](C)(OC)C[C@@H](C)C2=NCCN3C(=O)O[C@@]1(C)[C@H]3[C@H]2C. The number of aliphatic hydroxyl groups excluding tert-OH is 1. The second-order valence-electron chi connectivity index (χ2n) is 14.5. The van der Waals surface area contributed by atoms with Crippen LogP contribution in [0.3, 0.4) is 0 Å². The summed E-state index contributed by atoms with van der Waals surface area (Å²) in [6, 6.07) is -0.867. The van der Waals surface area contributed by atoms with Crippen LogP contribution >= 0.6 is 0 Å². The number of halogens is 1. The van der Waals surface area contributed by atoms with Crippen molar-refractivity contribution in [3.05, 3.63) is 0 Å². The summed E-state index contributed by atoms with van der Waals surface area (Å²) in [6.07, 6.45) is -4.22. The average molecular weight is 656 g/mol. The van der Waals surface area contributed by atoms with Crippen molar-refractivity contribution in [3.63, 3.8) is 0 Å². The largest absolute Gasteiger partial charge is 0.455 e. The molecule has 0 spiro atoms. The van der Waals surface area contributed by atoms with Crippen molar-refractivity contribution in [3.8, 4) is 0 Å². The van der Waals surface area contributed by atoms with Crippen LogP contribution in [0, 0.1) is 17.8 Å². The number of alkyl halides is 1. The maximum Gasteiger partial charge on any atom is 0.410 e. The maximum atomic E-state index is 16.6. The van der Waals surface area contributed by atoms with Gasteiger partial charge in [-0.25, -0.2) is 14.0 Å². The van der Waals surface area contributed by atoms with Gasteiger partial charge in [-0.15, -0.1) is 0 Å². The number of fused-ring (bicyclic) bond motifs is 1. The van der Waals surface area contributed by atoms with Crippen molar-refractivity contribution in [2.75, 3.05) is 34.3 Å². The van der Waals surface area contributed by atoms with Gasteiger partial charge in [0.1, 0.15) is 12.2 Å². The summed E-state index contributed by atoms with van der Waals surface area (Å²) >= 11 is 0. The number of ether oxygens (including phenoxy) is 5. The highest BCUT2D eigenvalue weighted by Gasteiger charge is 2.61. The first-order valence-corrected chi connectivity index (χ1v) is 16.5. The number of carbonyl (C=O) groups is 3. The number of cyclic esters (lactones) is 1. The van der Waals surface area contributed by atoms with Crippen molar-refractivity contribution in [2.24, 2.45) is 22.7 Å². The number of likely N-dealkylation sites (N-methyl/N-ethyl adjacent to an activating group) is 1. The zero-order valence-corrected chi connectivity index (χ0v) is 29.2. The predicted octanol–water partition coefficient (Wildman–Crippen LogP) is 3.17. The summed E-state index contributed by atoms with van der Waals surface area (Å²) < 4.78 is 47.0. The fourth-order valence-electron chi connectivity index (χ4n) is 8.31. The van der Waals surface area contributed by atoms with Crippen molar-refractivity contribution < 1.29 is 47.6 Å². The Kier molecular flexibility index (Phi) is 10.7. The van der Waals surface area contributed by atoms with Gasteiger partial charge in [0.05, 0.1) is 30.4 Å². The molecule has 0 aromatic carbocycles. The standard InChI is InChI=1S/C33H54FN3O9/c1-12-22-33(8)25-19(4)23(35-13-14-37(25)30(41)46-33)17(2)16-31(6,42-11)27(20(5)26(39)32(7,34)29(40)44-22)45-28-24(38)21(36(9)10)15-18(3)43-28/h17-22,24-25,27-28,38H,12-16H2,1-11H3/t17-,18-,19+,20+,21+,22-,24-,25-,27-,28+,31+,32?,33-/m1/s1. The van der Waals surface area contributed by atoms with Crippen LogP contribution in [-0.2, 0) is 33.3 Å². The molecule has 46 heavy (non-hydrogen) atoms. The first-order chi connectivity index (χ1) is 21.3. The lowest BCUT2D eigenvalue weighted by molar-refractivity contribution is -0.295. The molecule has 1 amide bonds. The third-order valence-corrected chi connectivity index (χ3v) is 10.9. The first kappa shape index (κ1) is 36.6. The molecule has 4 aliphatic rings. The van der Waals surface area contributed by atoms with Gasteiger partial charge in [0.25, 0.3) is 5.67 Å². The third kappa shape index (κ3) is 6.34. The minimum atomic E-state index is -3.08. The molecule has 1 unspecified atom stereocenters. The number of Topliss-reactive ketones (excluding diaryl/α,β-unsaturated/α-hetero) is 1. The molecule has 0 aromatic rings. The highest BCUT2D eigenvalue weighted by molar-refractivity contribution is 6.08. The summed E-state index contributed by atoms with van der Waals surface area (Å²) in [5.74, 6) is -4.26. The molecular formula is C33H54FN3O9. The molecule has 0 saturated carbocycles. The zero-order chi connectivity index (χ0) is 34.5. The van der Waals surface area contributed by atoms with Gasteiger partial charge in [-0.05, 0) is 67.0 Å². The molecule has 0 aliphatic carbocycles. The van der Waals surface area contributed by atoms with Crippen molar-refractivity contribution in [1.82, 2.24) is 9.80 Å². The number of aliphatic hydroxyl groups is 1. The molecule has 3 saturated heterocycles. The van der Waals surface area contributed by atoms with Crippen LogP contribution in [0.5, 0.6) is 0 Å². The van der Waals surface area contributed by atoms with E-state index in [0.29, 0.717) is 19.5 Å². The van der Waals surface area contributed by atoms with E-state index < -0.39 is 71.3 Å². The number of amides is 1. The van der Waals surface area contributed by atoms with E-state index in [9.17, 15) is 19.5 Å². The number of rotatable bonds is 5. The number of hydrogen-bond donors (Lipinski definition) is 1. The van der Waals surface area contributed by atoms with E-state index in [1.165, 1.54) is 14.0 Å².